The van der Waals surface area contributed by atoms with E-state index in [1.165, 1.54) is 38.8 Å². The minimum atomic E-state index is -0.210. The monoisotopic (exact) mass is 241 g/mol. The maximum absolute atomic E-state index is 12.5. The van der Waals surface area contributed by atoms with Crippen LogP contribution >= 0.6 is 0 Å². The topological polar surface area (TPSA) is 6.48 Å². The van der Waals surface area contributed by atoms with Gasteiger partial charge >= 0.3 is 0 Å². The van der Waals surface area contributed by atoms with E-state index in [0.717, 1.165) is 6.04 Å². The molecule has 2 rings (SSSR count). The van der Waals surface area contributed by atoms with Crippen LogP contribution in [0.3, 0.4) is 0 Å². The van der Waals surface area contributed by atoms with Crippen molar-refractivity contribution in [1.29, 1.82) is 0 Å². The molecule has 99 valence electrons. The van der Waals surface area contributed by atoms with Crippen molar-refractivity contribution in [2.24, 2.45) is 0 Å². The first kappa shape index (κ1) is 13.3. The zero-order chi connectivity index (χ0) is 12.3. The molecule has 1 unspecified atom stereocenters. The Morgan fingerprint density at radius 2 is 1.71 bits per heavy atom. The molecule has 2 heterocycles. The van der Waals surface area contributed by atoms with Crippen molar-refractivity contribution in [2.75, 3.05) is 26.3 Å². The predicted octanol–water partition coefficient (Wildman–Crippen LogP) is 2.50. The Hall–Kier alpha value is -0.150. The van der Waals surface area contributed by atoms with Crippen LogP contribution in [0.1, 0.15) is 39.5 Å². The molecule has 3 heteroatoms. The van der Waals surface area contributed by atoms with E-state index in [0.29, 0.717) is 18.6 Å². The van der Waals surface area contributed by atoms with Gasteiger partial charge in [-0.3, -0.25) is 4.90 Å². The minimum absolute atomic E-state index is 0.210. The van der Waals surface area contributed by atoms with E-state index < -0.39 is 0 Å². The smallest absolute Gasteiger partial charge is 0.102 e. The first-order chi connectivity index (χ1) is 8.22. The van der Waals surface area contributed by atoms with E-state index >= 15 is 0 Å². The summed E-state index contributed by atoms with van der Waals surface area (Å²) in [6.07, 6.45) is 7.32. The molecule has 0 saturated carbocycles. The lowest BCUT2D eigenvalue weighted by Crippen LogP contribution is -2.54. The predicted molar refractivity (Wildman–Crippen MR) is 69.7 cm³/mol. The van der Waals surface area contributed by atoms with Gasteiger partial charge in [0, 0.05) is 24.7 Å². The Balaban J connectivity index is 1.90. The highest BCUT2D eigenvalue weighted by atomic mass is 19.1. The Bertz CT molecular complexity index is 216. The zero-order valence-corrected chi connectivity index (χ0v) is 11.2. The summed E-state index contributed by atoms with van der Waals surface area (Å²) in [6, 6.07) is 1.79. The van der Waals surface area contributed by atoms with Gasteiger partial charge in [-0.05, 0) is 59.0 Å². The molecule has 2 aliphatic heterocycles. The number of hydrogen-bond donors (Lipinski definition) is 0. The van der Waals surface area contributed by atoms with E-state index in [1.54, 1.807) is 0 Å². The van der Waals surface area contributed by atoms with Crippen molar-refractivity contribution in [3.05, 3.63) is 6.42 Å². The number of nitrogens with zero attached hydrogens (tertiary/aromatic N) is 2. The number of likely N-dealkylation sites (tertiary alicyclic amines) is 2. The van der Waals surface area contributed by atoms with Crippen LogP contribution in [0.4, 0.5) is 4.39 Å². The van der Waals surface area contributed by atoms with E-state index in [2.05, 4.69) is 30.1 Å². The summed E-state index contributed by atoms with van der Waals surface area (Å²) >= 11 is 0. The maximum atomic E-state index is 12.5. The number of piperidine rings is 2. The molecule has 3 atom stereocenters. The van der Waals surface area contributed by atoms with Gasteiger partial charge in [0.25, 0.3) is 0 Å². The third kappa shape index (κ3) is 3.19. The quantitative estimate of drug-likeness (QED) is 0.749. The van der Waals surface area contributed by atoms with E-state index in [1.807, 2.05) is 0 Å². The van der Waals surface area contributed by atoms with Crippen molar-refractivity contribution in [3.63, 3.8) is 0 Å². The van der Waals surface area contributed by atoms with Gasteiger partial charge in [0.2, 0.25) is 0 Å². The number of halogens is 1. The van der Waals surface area contributed by atoms with Gasteiger partial charge in [-0.15, -0.1) is 0 Å². The van der Waals surface area contributed by atoms with Crippen LogP contribution in [-0.2, 0) is 0 Å². The number of alkyl halides is 1. The van der Waals surface area contributed by atoms with Crippen LogP contribution in [0.25, 0.3) is 0 Å². The fraction of sp³-hybridized carbons (Fsp3) is 0.929. The van der Waals surface area contributed by atoms with Crippen molar-refractivity contribution in [3.8, 4) is 0 Å². The Morgan fingerprint density at radius 3 is 2.24 bits per heavy atom. The molecule has 0 N–H and O–H groups in total. The number of hydrogen-bond acceptors (Lipinski definition) is 2. The average molecular weight is 241 g/mol. The van der Waals surface area contributed by atoms with E-state index in [9.17, 15) is 4.39 Å². The lowest BCUT2D eigenvalue weighted by Gasteiger charge is -2.46. The van der Waals surface area contributed by atoms with Gasteiger partial charge in [0.15, 0.2) is 0 Å². The van der Waals surface area contributed by atoms with Crippen LogP contribution < -0.4 is 0 Å². The summed E-state index contributed by atoms with van der Waals surface area (Å²) in [5, 5.41) is 0. The molecule has 0 bridgehead atoms. The molecule has 2 saturated heterocycles. The first-order valence-corrected chi connectivity index (χ1v) is 7.09. The molecule has 0 amide bonds. The molecule has 1 radical (unpaired) electrons. The maximum Gasteiger partial charge on any atom is 0.102 e. The molecule has 0 aromatic rings. The van der Waals surface area contributed by atoms with E-state index in [-0.39, 0.29) is 6.67 Å². The number of rotatable bonds is 3. The fourth-order valence-electron chi connectivity index (χ4n) is 3.56. The summed E-state index contributed by atoms with van der Waals surface area (Å²) in [7, 11) is 0. The van der Waals surface area contributed by atoms with Crippen LogP contribution in [0.15, 0.2) is 0 Å². The molecular formula is C14H26FN2. The largest absolute Gasteiger partial charge is 0.300 e. The molecular weight excluding hydrogens is 215 g/mol. The lowest BCUT2D eigenvalue weighted by molar-refractivity contribution is 0.0282. The van der Waals surface area contributed by atoms with Crippen LogP contribution in [0.5, 0.6) is 0 Å². The molecule has 0 spiro atoms. The van der Waals surface area contributed by atoms with Crippen molar-refractivity contribution in [1.82, 2.24) is 9.80 Å². The van der Waals surface area contributed by atoms with Crippen LogP contribution in [0, 0.1) is 6.42 Å². The van der Waals surface area contributed by atoms with Gasteiger partial charge in [-0.2, -0.15) is 0 Å². The highest BCUT2D eigenvalue weighted by Crippen LogP contribution is 2.28. The summed E-state index contributed by atoms with van der Waals surface area (Å²) in [5.74, 6) is 0. The second-order valence-corrected chi connectivity index (χ2v) is 5.65. The molecule has 2 fully saturated rings. The average Bonchev–Trinajstić information content (AvgIpc) is 2.35. The van der Waals surface area contributed by atoms with Crippen molar-refractivity contribution < 1.29 is 4.39 Å². The second kappa shape index (κ2) is 6.14. The highest BCUT2D eigenvalue weighted by Gasteiger charge is 2.33. The Labute approximate surface area is 105 Å². The molecule has 17 heavy (non-hydrogen) atoms. The zero-order valence-electron chi connectivity index (χ0n) is 11.2. The molecule has 0 aromatic heterocycles. The summed E-state index contributed by atoms with van der Waals surface area (Å²) < 4.78 is 12.5. The Kier molecular flexibility index (Phi) is 4.80. The Morgan fingerprint density at radius 1 is 1.12 bits per heavy atom. The van der Waals surface area contributed by atoms with Crippen LogP contribution in [0.2, 0.25) is 0 Å². The summed E-state index contributed by atoms with van der Waals surface area (Å²) in [5.41, 5.74) is 0. The molecule has 0 aliphatic carbocycles. The van der Waals surface area contributed by atoms with Gasteiger partial charge in [-0.1, -0.05) is 0 Å². The van der Waals surface area contributed by atoms with Gasteiger partial charge < -0.3 is 4.90 Å². The van der Waals surface area contributed by atoms with Crippen molar-refractivity contribution in [2.45, 2.75) is 57.7 Å². The van der Waals surface area contributed by atoms with Crippen LogP contribution in [-0.4, -0.2) is 54.2 Å². The first-order valence-electron chi connectivity index (χ1n) is 7.09. The third-order valence-corrected chi connectivity index (χ3v) is 4.46. The lowest BCUT2D eigenvalue weighted by atomic mass is 9.90. The summed E-state index contributed by atoms with van der Waals surface area (Å²) in [6.45, 7) is 7.38. The highest BCUT2D eigenvalue weighted by molar-refractivity contribution is 4.91. The molecule has 0 aromatic carbocycles. The molecule has 2 nitrogen and oxygen atoms in total. The fourth-order valence-corrected chi connectivity index (χ4v) is 3.56. The van der Waals surface area contributed by atoms with Gasteiger partial charge in [0.05, 0.1) is 0 Å². The van der Waals surface area contributed by atoms with Gasteiger partial charge in [0.1, 0.15) is 6.67 Å². The second-order valence-electron chi connectivity index (χ2n) is 5.65. The third-order valence-electron chi connectivity index (χ3n) is 4.46. The van der Waals surface area contributed by atoms with Gasteiger partial charge in [-0.25, -0.2) is 4.39 Å². The SMILES string of the molecule is C[C@@H]1CC(N2CC[CH]CC2)C[C@H](C)N1CCF. The normalized spacial score (nSPS) is 37.2. The van der Waals surface area contributed by atoms with Crippen molar-refractivity contribution >= 4 is 0 Å². The standard InChI is InChI=1S/C14H26FN2/c1-12-10-14(16-7-4-3-5-8-16)11-13(2)17(12)9-6-15/h3,12-14H,4-11H2,1-2H3/t12-,13+,14?. The summed E-state index contributed by atoms with van der Waals surface area (Å²) in [4.78, 5) is 4.99. The van der Waals surface area contributed by atoms with E-state index in [4.69, 9.17) is 0 Å². The minimum Gasteiger partial charge on any atom is -0.300 e. The molecule has 2 aliphatic rings.